The van der Waals surface area contributed by atoms with Gasteiger partial charge in [0.25, 0.3) is 0 Å². The second-order valence-corrected chi connectivity index (χ2v) is 12.5. The maximum atomic E-state index is 2.50. The lowest BCUT2D eigenvalue weighted by molar-refractivity contribution is 0.416. The molecule has 2 unspecified atom stereocenters. The number of hydrogen-bond acceptors (Lipinski definition) is 0. The first kappa shape index (κ1) is 35.0. The minimum absolute atomic E-state index is 0.963. The van der Waals surface area contributed by atoms with Crippen LogP contribution in [0, 0.1) is 11.8 Å². The maximum Gasteiger partial charge on any atom is -0.0443 e. The minimum atomic E-state index is 0.963. The highest BCUT2D eigenvalue weighted by Gasteiger charge is 2.04. The van der Waals surface area contributed by atoms with Gasteiger partial charge in [0.15, 0.2) is 0 Å². The van der Waals surface area contributed by atoms with Gasteiger partial charge in [0.05, 0.1) is 0 Å². The van der Waals surface area contributed by atoms with Gasteiger partial charge in [-0.1, -0.05) is 214 Å². The molecule has 0 rings (SSSR count). The number of unbranched alkanes of at least 4 members (excludes halogenated alkanes) is 22. The number of hydrogen-bond donors (Lipinski definition) is 0. The molecule has 0 aliphatic rings. The standard InChI is InChI=1S/C35H72/c1-5-7-9-11-13-15-17-19-22-26-30-34(3)32-28-24-21-25-29-33-35(4)31-27-23-20-18-16-14-12-10-8-6-2/h34-35H,5-33H2,1-4H3. The van der Waals surface area contributed by atoms with Crippen molar-refractivity contribution >= 4 is 0 Å². The van der Waals surface area contributed by atoms with E-state index < -0.39 is 0 Å². The van der Waals surface area contributed by atoms with E-state index in [0.29, 0.717) is 0 Å². The molecule has 0 aliphatic heterocycles. The molecular weight excluding hydrogens is 420 g/mol. The average molecular weight is 493 g/mol. The SMILES string of the molecule is CCCCCCCCCCCCC(C)CCCCCCCC(C)CCCCCCCCCCCC. The van der Waals surface area contributed by atoms with Crippen LogP contribution in [0.1, 0.15) is 214 Å². The molecule has 0 N–H and O–H groups in total. The summed E-state index contributed by atoms with van der Waals surface area (Å²) >= 11 is 0. The molecule has 0 bridgehead atoms. The fourth-order valence-electron chi connectivity index (χ4n) is 5.77. The highest BCUT2D eigenvalue weighted by Crippen LogP contribution is 2.21. The molecule has 0 aromatic heterocycles. The van der Waals surface area contributed by atoms with Gasteiger partial charge in [0.1, 0.15) is 0 Å². The molecule has 35 heavy (non-hydrogen) atoms. The first-order valence-corrected chi connectivity index (χ1v) is 17.2. The first-order valence-electron chi connectivity index (χ1n) is 17.2. The summed E-state index contributed by atoms with van der Waals surface area (Å²) in [6.45, 7) is 9.62. The molecule has 212 valence electrons. The van der Waals surface area contributed by atoms with Crippen molar-refractivity contribution in [3.05, 3.63) is 0 Å². The van der Waals surface area contributed by atoms with E-state index in [9.17, 15) is 0 Å². The van der Waals surface area contributed by atoms with Gasteiger partial charge in [0, 0.05) is 0 Å². The zero-order chi connectivity index (χ0) is 25.7. The molecule has 0 nitrogen and oxygen atoms in total. The normalized spacial score (nSPS) is 13.4. The van der Waals surface area contributed by atoms with Gasteiger partial charge in [-0.2, -0.15) is 0 Å². The molecule has 0 saturated heterocycles. The van der Waals surface area contributed by atoms with Gasteiger partial charge in [0.2, 0.25) is 0 Å². The Bertz CT molecular complexity index is 325. The average Bonchev–Trinajstić information content (AvgIpc) is 2.85. The van der Waals surface area contributed by atoms with Gasteiger partial charge < -0.3 is 0 Å². The topological polar surface area (TPSA) is 0 Å². The van der Waals surface area contributed by atoms with Crippen LogP contribution in [0.3, 0.4) is 0 Å². The first-order chi connectivity index (χ1) is 17.2. The van der Waals surface area contributed by atoms with E-state index in [4.69, 9.17) is 0 Å². The summed E-state index contributed by atoms with van der Waals surface area (Å²) in [5.74, 6) is 1.93. The van der Waals surface area contributed by atoms with E-state index >= 15 is 0 Å². The zero-order valence-corrected chi connectivity index (χ0v) is 25.7. The van der Waals surface area contributed by atoms with Crippen LogP contribution in [0.2, 0.25) is 0 Å². The van der Waals surface area contributed by atoms with Crippen molar-refractivity contribution < 1.29 is 0 Å². The third-order valence-electron chi connectivity index (χ3n) is 8.49. The van der Waals surface area contributed by atoms with Crippen molar-refractivity contribution in [3.8, 4) is 0 Å². The van der Waals surface area contributed by atoms with Crippen LogP contribution in [0.4, 0.5) is 0 Å². The van der Waals surface area contributed by atoms with Gasteiger partial charge in [-0.05, 0) is 11.8 Å². The Morgan fingerprint density at radius 3 is 0.629 bits per heavy atom. The summed E-state index contributed by atoms with van der Waals surface area (Å²) in [5, 5.41) is 0. The van der Waals surface area contributed by atoms with Crippen LogP contribution < -0.4 is 0 Å². The molecule has 0 heteroatoms. The summed E-state index contributed by atoms with van der Waals surface area (Å²) < 4.78 is 0. The molecular formula is C35H72. The summed E-state index contributed by atoms with van der Waals surface area (Å²) in [6.07, 6.45) is 42.6. The lowest BCUT2D eigenvalue weighted by Crippen LogP contribution is -1.96. The fourth-order valence-corrected chi connectivity index (χ4v) is 5.77. The highest BCUT2D eigenvalue weighted by molar-refractivity contribution is 4.58. The van der Waals surface area contributed by atoms with Crippen LogP contribution in [-0.4, -0.2) is 0 Å². The van der Waals surface area contributed by atoms with Crippen LogP contribution in [0.5, 0.6) is 0 Å². The second-order valence-electron chi connectivity index (χ2n) is 12.5. The Morgan fingerprint density at radius 2 is 0.429 bits per heavy atom. The Labute approximate surface area is 225 Å². The predicted molar refractivity (Wildman–Crippen MR) is 164 cm³/mol. The molecule has 0 heterocycles. The monoisotopic (exact) mass is 493 g/mol. The summed E-state index contributed by atoms with van der Waals surface area (Å²) in [4.78, 5) is 0. The van der Waals surface area contributed by atoms with Crippen molar-refractivity contribution in [3.63, 3.8) is 0 Å². The minimum Gasteiger partial charge on any atom is -0.0654 e. The fraction of sp³-hybridized carbons (Fsp3) is 1.00. The molecule has 0 aromatic rings. The maximum absolute atomic E-state index is 2.50. The molecule has 2 atom stereocenters. The molecule has 0 spiro atoms. The lowest BCUT2D eigenvalue weighted by atomic mass is 9.94. The van der Waals surface area contributed by atoms with Crippen molar-refractivity contribution in [2.75, 3.05) is 0 Å². The van der Waals surface area contributed by atoms with E-state index in [2.05, 4.69) is 27.7 Å². The molecule has 0 radical (unpaired) electrons. The van der Waals surface area contributed by atoms with E-state index in [0.717, 1.165) is 11.8 Å². The van der Waals surface area contributed by atoms with Crippen LogP contribution in [0.25, 0.3) is 0 Å². The third kappa shape index (κ3) is 30.1. The Kier molecular flexibility index (Phi) is 30.2. The smallest absolute Gasteiger partial charge is 0.0443 e. The Balaban J connectivity index is 3.24. The quantitative estimate of drug-likeness (QED) is 0.0874. The molecule has 0 aromatic carbocycles. The summed E-state index contributed by atoms with van der Waals surface area (Å²) in [6, 6.07) is 0. The van der Waals surface area contributed by atoms with E-state index in [1.807, 2.05) is 0 Å². The Hall–Kier alpha value is 0. The predicted octanol–water partition coefficient (Wildman–Crippen LogP) is 13.6. The van der Waals surface area contributed by atoms with Crippen molar-refractivity contribution in [2.45, 2.75) is 214 Å². The van der Waals surface area contributed by atoms with Crippen LogP contribution >= 0.6 is 0 Å². The molecule has 0 fully saturated rings. The highest BCUT2D eigenvalue weighted by atomic mass is 14.1. The molecule has 0 amide bonds. The lowest BCUT2D eigenvalue weighted by Gasteiger charge is -2.12. The number of rotatable bonds is 30. The van der Waals surface area contributed by atoms with Gasteiger partial charge in [-0.3, -0.25) is 0 Å². The van der Waals surface area contributed by atoms with E-state index in [1.165, 1.54) is 186 Å². The van der Waals surface area contributed by atoms with E-state index in [1.54, 1.807) is 0 Å². The Morgan fingerprint density at radius 1 is 0.257 bits per heavy atom. The van der Waals surface area contributed by atoms with Crippen molar-refractivity contribution in [1.29, 1.82) is 0 Å². The summed E-state index contributed by atoms with van der Waals surface area (Å²) in [5.41, 5.74) is 0. The largest absolute Gasteiger partial charge is 0.0654 e. The second kappa shape index (κ2) is 30.2. The van der Waals surface area contributed by atoms with E-state index in [-0.39, 0.29) is 0 Å². The van der Waals surface area contributed by atoms with Crippen LogP contribution in [-0.2, 0) is 0 Å². The van der Waals surface area contributed by atoms with Crippen molar-refractivity contribution in [1.82, 2.24) is 0 Å². The van der Waals surface area contributed by atoms with Gasteiger partial charge in [-0.25, -0.2) is 0 Å². The molecule has 0 aliphatic carbocycles. The van der Waals surface area contributed by atoms with Crippen molar-refractivity contribution in [2.24, 2.45) is 11.8 Å². The molecule has 0 saturated carbocycles. The van der Waals surface area contributed by atoms with Gasteiger partial charge >= 0.3 is 0 Å². The zero-order valence-electron chi connectivity index (χ0n) is 25.7. The van der Waals surface area contributed by atoms with Crippen LogP contribution in [0.15, 0.2) is 0 Å². The summed E-state index contributed by atoms with van der Waals surface area (Å²) in [7, 11) is 0. The van der Waals surface area contributed by atoms with Gasteiger partial charge in [-0.15, -0.1) is 0 Å². The third-order valence-corrected chi connectivity index (χ3v) is 8.49.